The summed E-state index contributed by atoms with van der Waals surface area (Å²) in [6.07, 6.45) is -1.88. The summed E-state index contributed by atoms with van der Waals surface area (Å²) in [5.74, 6) is -0.319. The molecule has 2 aromatic carbocycles. The minimum Gasteiger partial charge on any atom is -0.337 e. The fourth-order valence-corrected chi connectivity index (χ4v) is 3.52. The third kappa shape index (κ3) is 2.74. The first kappa shape index (κ1) is 16.7. The van der Waals surface area contributed by atoms with Crippen molar-refractivity contribution in [2.45, 2.75) is 18.8 Å². The molecule has 4 rings (SSSR count). The van der Waals surface area contributed by atoms with E-state index in [1.165, 1.54) is 0 Å². The van der Waals surface area contributed by atoms with Crippen LogP contribution in [0.5, 0.6) is 0 Å². The van der Waals surface area contributed by atoms with E-state index in [0.29, 0.717) is 29.7 Å². The van der Waals surface area contributed by atoms with Crippen LogP contribution in [0.25, 0.3) is 11.0 Å². The smallest absolute Gasteiger partial charge is 0.295 e. The molecular weight excluding hydrogens is 338 g/mol. The number of alkyl halides is 2. The van der Waals surface area contributed by atoms with Crippen molar-refractivity contribution < 1.29 is 13.6 Å². The van der Waals surface area contributed by atoms with E-state index >= 15 is 0 Å². The minimum absolute atomic E-state index is 0.164. The molecule has 7 heteroatoms. The first-order valence-corrected chi connectivity index (χ1v) is 8.47. The maximum absolute atomic E-state index is 13.1. The van der Waals surface area contributed by atoms with Crippen LogP contribution in [-0.2, 0) is 0 Å². The van der Waals surface area contributed by atoms with Gasteiger partial charge in [-0.3, -0.25) is 4.79 Å². The topological polar surface area (TPSA) is 75.0 Å². The second-order valence-corrected chi connectivity index (χ2v) is 6.39. The molecular formula is C19H18F2N4O. The highest BCUT2D eigenvalue weighted by Crippen LogP contribution is 2.35. The number of halogens is 2. The largest absolute Gasteiger partial charge is 0.337 e. The number of benzene rings is 2. The van der Waals surface area contributed by atoms with Crippen molar-refractivity contribution in [3.63, 3.8) is 0 Å². The number of H-pyrrole nitrogens is 1. The Morgan fingerprint density at radius 3 is 2.88 bits per heavy atom. The standard InChI is InChI=1S/C19H18F2N4O/c20-17(21)18-23-14-6-5-11(9-15(14)24-18)19(26)25-8-7-12(10-22)13-3-1-2-4-16(13)25/h1-6,9,12,17H,7-8,10,22H2,(H,23,24). The number of aromatic amines is 1. The second-order valence-electron chi connectivity index (χ2n) is 6.39. The molecule has 0 saturated carbocycles. The Morgan fingerprint density at radius 2 is 2.12 bits per heavy atom. The van der Waals surface area contributed by atoms with Gasteiger partial charge in [0.15, 0.2) is 5.82 Å². The van der Waals surface area contributed by atoms with Crippen molar-refractivity contribution in [3.8, 4) is 0 Å². The molecule has 1 atom stereocenters. The molecule has 0 radical (unpaired) electrons. The Balaban J connectivity index is 1.70. The summed E-state index contributed by atoms with van der Waals surface area (Å²) in [7, 11) is 0. The van der Waals surface area contributed by atoms with Gasteiger partial charge in [-0.25, -0.2) is 13.8 Å². The molecule has 26 heavy (non-hydrogen) atoms. The van der Waals surface area contributed by atoms with Gasteiger partial charge in [0.05, 0.1) is 11.0 Å². The summed E-state index contributed by atoms with van der Waals surface area (Å²) in [5.41, 5.74) is 9.07. The van der Waals surface area contributed by atoms with E-state index in [2.05, 4.69) is 9.97 Å². The van der Waals surface area contributed by atoms with Gasteiger partial charge in [0.1, 0.15) is 0 Å². The number of nitrogens with zero attached hydrogens (tertiary/aromatic N) is 2. The predicted molar refractivity (Wildman–Crippen MR) is 95.6 cm³/mol. The van der Waals surface area contributed by atoms with Crippen LogP contribution < -0.4 is 10.6 Å². The quantitative estimate of drug-likeness (QED) is 0.753. The maximum atomic E-state index is 13.1. The number of carbonyl (C=O) groups is 1. The van der Waals surface area contributed by atoms with E-state index < -0.39 is 12.2 Å². The van der Waals surface area contributed by atoms with Gasteiger partial charge in [0.25, 0.3) is 12.3 Å². The number of anilines is 1. The molecule has 0 aliphatic carbocycles. The van der Waals surface area contributed by atoms with E-state index in [1.54, 1.807) is 23.1 Å². The number of fused-ring (bicyclic) bond motifs is 2. The van der Waals surface area contributed by atoms with Gasteiger partial charge in [-0.15, -0.1) is 0 Å². The Kier molecular flexibility index (Phi) is 4.16. The molecule has 0 spiro atoms. The van der Waals surface area contributed by atoms with Crippen molar-refractivity contribution in [1.82, 2.24) is 9.97 Å². The number of imidazole rings is 1. The lowest BCUT2D eigenvalue weighted by Gasteiger charge is -2.34. The predicted octanol–water partition coefficient (Wildman–Crippen LogP) is 3.59. The summed E-state index contributed by atoms with van der Waals surface area (Å²) in [5, 5.41) is 0. The molecule has 3 aromatic rings. The fraction of sp³-hybridized carbons (Fsp3) is 0.263. The highest BCUT2D eigenvalue weighted by molar-refractivity contribution is 6.08. The van der Waals surface area contributed by atoms with Crippen molar-refractivity contribution in [2.24, 2.45) is 5.73 Å². The maximum Gasteiger partial charge on any atom is 0.295 e. The van der Waals surface area contributed by atoms with Crippen molar-refractivity contribution >= 4 is 22.6 Å². The molecule has 0 fully saturated rings. The molecule has 1 amide bonds. The highest BCUT2D eigenvalue weighted by Gasteiger charge is 2.28. The molecule has 0 saturated heterocycles. The number of nitrogens with two attached hydrogens (primary N) is 1. The summed E-state index contributed by atoms with van der Waals surface area (Å²) < 4.78 is 25.6. The highest BCUT2D eigenvalue weighted by atomic mass is 19.3. The van der Waals surface area contributed by atoms with Crippen molar-refractivity contribution in [3.05, 3.63) is 59.4 Å². The van der Waals surface area contributed by atoms with Crippen molar-refractivity contribution in [2.75, 3.05) is 18.0 Å². The SMILES string of the molecule is NCC1CCN(C(=O)c2ccc3nc(C(F)F)[nH]c3c2)c2ccccc21. The summed E-state index contributed by atoms with van der Waals surface area (Å²) in [4.78, 5) is 21.2. The van der Waals surface area contributed by atoms with Gasteiger partial charge >= 0.3 is 0 Å². The fourth-order valence-electron chi connectivity index (χ4n) is 3.52. The average molecular weight is 356 g/mol. The summed E-state index contributed by atoms with van der Waals surface area (Å²) in [6, 6.07) is 12.5. The van der Waals surface area contributed by atoms with Gasteiger partial charge in [-0.2, -0.15) is 0 Å². The summed E-state index contributed by atoms with van der Waals surface area (Å²) in [6.45, 7) is 1.11. The first-order valence-electron chi connectivity index (χ1n) is 8.47. The number of amides is 1. The van der Waals surface area contributed by atoms with Gasteiger partial charge in [0, 0.05) is 17.8 Å². The molecule has 1 aromatic heterocycles. The number of hydrogen-bond acceptors (Lipinski definition) is 3. The van der Waals surface area contributed by atoms with E-state index in [9.17, 15) is 13.6 Å². The van der Waals surface area contributed by atoms with Crippen LogP contribution in [0.1, 0.15) is 40.5 Å². The zero-order valence-corrected chi connectivity index (χ0v) is 14.0. The lowest BCUT2D eigenvalue weighted by Crippen LogP contribution is -2.38. The zero-order chi connectivity index (χ0) is 18.3. The van der Waals surface area contributed by atoms with Crippen LogP contribution in [0, 0.1) is 0 Å². The van der Waals surface area contributed by atoms with Crippen LogP contribution in [0.2, 0.25) is 0 Å². The van der Waals surface area contributed by atoms with Crippen molar-refractivity contribution in [1.29, 1.82) is 0 Å². The molecule has 3 N–H and O–H groups in total. The van der Waals surface area contributed by atoms with Gasteiger partial charge in [-0.1, -0.05) is 18.2 Å². The van der Waals surface area contributed by atoms with Gasteiger partial charge in [0.2, 0.25) is 0 Å². The second kappa shape index (κ2) is 6.49. The van der Waals surface area contributed by atoms with Crippen LogP contribution in [0.4, 0.5) is 14.5 Å². The normalized spacial score (nSPS) is 16.9. The summed E-state index contributed by atoms with van der Waals surface area (Å²) >= 11 is 0. The van der Waals surface area contributed by atoms with Crippen LogP contribution in [-0.4, -0.2) is 29.0 Å². The third-order valence-corrected chi connectivity index (χ3v) is 4.85. The number of para-hydroxylation sites is 1. The molecule has 2 heterocycles. The Morgan fingerprint density at radius 1 is 1.31 bits per heavy atom. The molecule has 134 valence electrons. The monoisotopic (exact) mass is 356 g/mol. The van der Waals surface area contributed by atoms with Gasteiger partial charge in [-0.05, 0) is 48.7 Å². The lowest BCUT2D eigenvalue weighted by molar-refractivity contribution is 0.0984. The molecule has 1 aliphatic rings. The Bertz CT molecular complexity index is 969. The van der Waals surface area contributed by atoms with E-state index in [1.807, 2.05) is 24.3 Å². The molecule has 1 unspecified atom stereocenters. The molecule has 5 nitrogen and oxygen atoms in total. The Labute approximate surface area is 148 Å². The lowest BCUT2D eigenvalue weighted by atomic mass is 9.89. The van der Waals surface area contributed by atoms with E-state index in [0.717, 1.165) is 17.7 Å². The van der Waals surface area contributed by atoms with Gasteiger partial charge < -0.3 is 15.6 Å². The van der Waals surface area contributed by atoms with Crippen LogP contribution >= 0.6 is 0 Å². The number of hydrogen-bond donors (Lipinski definition) is 2. The minimum atomic E-state index is -2.68. The number of carbonyl (C=O) groups excluding carboxylic acids is 1. The average Bonchev–Trinajstić information content (AvgIpc) is 3.10. The molecule has 0 bridgehead atoms. The van der Waals surface area contributed by atoms with Crippen LogP contribution in [0.3, 0.4) is 0 Å². The first-order chi connectivity index (χ1) is 12.6. The Hall–Kier alpha value is -2.80. The number of aromatic nitrogens is 2. The third-order valence-electron chi connectivity index (χ3n) is 4.85. The molecule has 1 aliphatic heterocycles. The van der Waals surface area contributed by atoms with E-state index in [-0.39, 0.29) is 11.8 Å². The zero-order valence-electron chi connectivity index (χ0n) is 14.0. The van der Waals surface area contributed by atoms with E-state index in [4.69, 9.17) is 5.73 Å². The van der Waals surface area contributed by atoms with Crippen LogP contribution in [0.15, 0.2) is 42.5 Å². The number of nitrogens with one attached hydrogen (secondary N) is 1. The number of rotatable bonds is 3.